The summed E-state index contributed by atoms with van der Waals surface area (Å²) in [6.45, 7) is 1.86. The summed E-state index contributed by atoms with van der Waals surface area (Å²) in [5, 5.41) is 10.8. The predicted molar refractivity (Wildman–Crippen MR) is 85.4 cm³/mol. The third kappa shape index (κ3) is 3.02. The van der Waals surface area contributed by atoms with Crippen LogP contribution in [-0.4, -0.2) is 46.0 Å². The molecule has 1 unspecified atom stereocenters. The van der Waals surface area contributed by atoms with E-state index in [1.54, 1.807) is 12.9 Å². The van der Waals surface area contributed by atoms with Crippen LogP contribution >= 0.6 is 0 Å². The molecule has 2 rings (SSSR count). The number of hydroxylamine groups is 2. The van der Waals surface area contributed by atoms with E-state index in [4.69, 9.17) is 10.6 Å². The van der Waals surface area contributed by atoms with E-state index in [0.717, 1.165) is 10.6 Å². The molecule has 24 heavy (non-hydrogen) atoms. The normalized spacial score (nSPS) is 22.2. The Balaban J connectivity index is 2.36. The molecule has 7 heteroatoms. The Morgan fingerprint density at radius 3 is 2.62 bits per heavy atom. The molecule has 7 nitrogen and oxygen atoms in total. The van der Waals surface area contributed by atoms with E-state index < -0.39 is 23.3 Å². The molecule has 0 saturated carbocycles. The summed E-state index contributed by atoms with van der Waals surface area (Å²) in [6, 6.07) is 8.11. The third-order valence-corrected chi connectivity index (χ3v) is 4.17. The molecule has 1 heterocycles. The fourth-order valence-electron chi connectivity index (χ4n) is 2.79. The third-order valence-electron chi connectivity index (χ3n) is 4.17. The molecule has 0 radical (unpaired) electrons. The second-order valence-electron chi connectivity index (χ2n) is 5.59. The molecule has 0 amide bonds. The molecule has 3 N–H and O–H groups in total. The average molecular weight is 332 g/mol. The Labute approximate surface area is 139 Å². The number of benzene rings is 1. The van der Waals surface area contributed by atoms with Crippen LogP contribution in [0.5, 0.6) is 0 Å². The molecule has 1 saturated heterocycles. The van der Waals surface area contributed by atoms with Gasteiger partial charge in [-0.2, -0.15) is 5.06 Å². The van der Waals surface area contributed by atoms with Crippen LogP contribution in [0.15, 0.2) is 35.9 Å². The lowest BCUT2D eigenvalue weighted by Gasteiger charge is -2.33. The topological polar surface area (TPSA) is 110 Å². The van der Waals surface area contributed by atoms with Gasteiger partial charge in [-0.1, -0.05) is 37.3 Å². The van der Waals surface area contributed by atoms with Gasteiger partial charge in [0.1, 0.15) is 5.94 Å². The number of carbonyl (C=O) groups excluding carboxylic acids is 2. The molecule has 1 aliphatic rings. The predicted octanol–water partition coefficient (Wildman–Crippen LogP) is 0.712. The van der Waals surface area contributed by atoms with E-state index in [0.29, 0.717) is 0 Å². The van der Waals surface area contributed by atoms with Gasteiger partial charge in [-0.15, -0.1) is 0 Å². The Kier molecular flexibility index (Phi) is 5.64. The van der Waals surface area contributed by atoms with Crippen LogP contribution in [-0.2, 0) is 25.8 Å². The van der Waals surface area contributed by atoms with Crippen LogP contribution in [0.4, 0.5) is 0 Å². The standard InChI is InChI=1S/C17H20N2O5/c1-2-14(18)15(21)17(16(22)23)13(10-20)8-9-19(17)24-11-12-6-4-3-5-7-12/h3-7,14H,2,8-9,11,18H2,1H3,(H,22,23)/t14?,17-/m0/s1. The molecule has 0 bridgehead atoms. The monoisotopic (exact) mass is 332 g/mol. The van der Waals surface area contributed by atoms with Crippen LogP contribution in [0.3, 0.4) is 0 Å². The van der Waals surface area contributed by atoms with Crippen molar-refractivity contribution in [2.45, 2.75) is 38.0 Å². The number of carbonyl (C=O) groups is 2. The second kappa shape index (κ2) is 7.51. The quantitative estimate of drug-likeness (QED) is 0.559. The highest BCUT2D eigenvalue weighted by Gasteiger charge is 2.60. The number of carboxylic acid groups (broad SMARTS) is 1. The van der Waals surface area contributed by atoms with Gasteiger partial charge in [-0.25, -0.2) is 9.59 Å². The van der Waals surface area contributed by atoms with Crippen molar-refractivity contribution < 1.29 is 24.3 Å². The largest absolute Gasteiger partial charge is 0.479 e. The number of nitrogens with two attached hydrogens (primary N) is 1. The lowest BCUT2D eigenvalue weighted by Crippen LogP contribution is -2.61. The molecule has 2 atom stereocenters. The number of carboxylic acids is 1. The highest BCUT2D eigenvalue weighted by molar-refractivity contribution is 6.15. The first-order valence-corrected chi connectivity index (χ1v) is 7.70. The molecule has 0 spiro atoms. The van der Waals surface area contributed by atoms with Gasteiger partial charge in [0, 0.05) is 6.54 Å². The zero-order chi connectivity index (χ0) is 17.7. The van der Waals surface area contributed by atoms with Crippen molar-refractivity contribution >= 4 is 17.7 Å². The average Bonchev–Trinajstić information content (AvgIpc) is 2.98. The van der Waals surface area contributed by atoms with E-state index >= 15 is 0 Å². The smallest absolute Gasteiger partial charge is 0.339 e. The first kappa shape index (κ1) is 18.0. The lowest BCUT2D eigenvalue weighted by atomic mass is 9.83. The Morgan fingerprint density at radius 2 is 2.08 bits per heavy atom. The van der Waals surface area contributed by atoms with Crippen LogP contribution < -0.4 is 5.73 Å². The molecule has 1 aromatic rings. The summed E-state index contributed by atoms with van der Waals surface area (Å²) in [7, 11) is 0. The summed E-state index contributed by atoms with van der Waals surface area (Å²) >= 11 is 0. The zero-order valence-electron chi connectivity index (χ0n) is 13.4. The van der Waals surface area contributed by atoms with Crippen molar-refractivity contribution in [3.63, 3.8) is 0 Å². The minimum absolute atomic E-state index is 0.0800. The van der Waals surface area contributed by atoms with Crippen LogP contribution in [0.2, 0.25) is 0 Å². The fraction of sp³-hybridized carbons (Fsp3) is 0.412. The van der Waals surface area contributed by atoms with Gasteiger partial charge >= 0.3 is 5.97 Å². The summed E-state index contributed by atoms with van der Waals surface area (Å²) in [6.07, 6.45) is 0.347. The summed E-state index contributed by atoms with van der Waals surface area (Å²) in [4.78, 5) is 41.5. The summed E-state index contributed by atoms with van der Waals surface area (Å²) < 4.78 is 0. The maximum Gasteiger partial charge on any atom is 0.339 e. The molecule has 0 aliphatic carbocycles. The number of hydrogen-bond acceptors (Lipinski definition) is 6. The maximum atomic E-state index is 12.7. The van der Waals surface area contributed by atoms with E-state index in [1.165, 1.54) is 0 Å². The molecule has 1 aromatic carbocycles. The van der Waals surface area contributed by atoms with Gasteiger partial charge in [0.25, 0.3) is 0 Å². The zero-order valence-corrected chi connectivity index (χ0v) is 13.4. The summed E-state index contributed by atoms with van der Waals surface area (Å²) in [5.41, 5.74) is 4.22. The fourth-order valence-corrected chi connectivity index (χ4v) is 2.79. The van der Waals surface area contributed by atoms with Crippen LogP contribution in [0.1, 0.15) is 25.3 Å². The van der Waals surface area contributed by atoms with Gasteiger partial charge in [-0.05, 0) is 18.4 Å². The first-order chi connectivity index (χ1) is 11.5. The van der Waals surface area contributed by atoms with Crippen molar-refractivity contribution in [3.05, 3.63) is 41.5 Å². The van der Waals surface area contributed by atoms with Gasteiger partial charge in [-0.3, -0.25) is 9.63 Å². The number of aliphatic carboxylic acids is 1. The van der Waals surface area contributed by atoms with Crippen molar-refractivity contribution in [2.24, 2.45) is 5.73 Å². The minimum Gasteiger partial charge on any atom is -0.479 e. The highest BCUT2D eigenvalue weighted by atomic mass is 16.7. The van der Waals surface area contributed by atoms with Gasteiger partial charge in [0.2, 0.25) is 5.54 Å². The van der Waals surface area contributed by atoms with E-state index in [2.05, 4.69) is 0 Å². The van der Waals surface area contributed by atoms with Crippen molar-refractivity contribution in [2.75, 3.05) is 6.54 Å². The lowest BCUT2D eigenvalue weighted by molar-refractivity contribution is -0.215. The maximum absolute atomic E-state index is 12.7. The van der Waals surface area contributed by atoms with Gasteiger partial charge in [0.05, 0.1) is 18.2 Å². The van der Waals surface area contributed by atoms with Crippen molar-refractivity contribution in [3.8, 4) is 0 Å². The minimum atomic E-state index is -2.20. The SMILES string of the molecule is CCC(N)C(=O)[C@]1(C(=O)O)C(=C=O)CCN1OCc1ccccc1. The van der Waals surface area contributed by atoms with E-state index in [9.17, 15) is 19.5 Å². The number of hydrogen-bond donors (Lipinski definition) is 2. The van der Waals surface area contributed by atoms with Crippen molar-refractivity contribution in [1.29, 1.82) is 0 Å². The number of Topliss-reactive ketones (excluding diaryl/α,β-unsaturated/α-hetero) is 1. The van der Waals surface area contributed by atoms with Gasteiger partial charge < -0.3 is 10.8 Å². The molecule has 1 fully saturated rings. The number of nitrogens with zero attached hydrogens (tertiary/aromatic N) is 1. The first-order valence-electron chi connectivity index (χ1n) is 7.70. The Hall–Kier alpha value is -2.31. The molecular weight excluding hydrogens is 312 g/mol. The van der Waals surface area contributed by atoms with E-state index in [1.807, 2.05) is 30.3 Å². The Bertz CT molecular complexity index is 669. The summed E-state index contributed by atoms with van der Waals surface area (Å²) in [5.74, 6) is -0.623. The molecular formula is C17H20N2O5. The van der Waals surface area contributed by atoms with Gasteiger partial charge in [0.15, 0.2) is 5.78 Å². The van der Waals surface area contributed by atoms with Crippen LogP contribution in [0, 0.1) is 0 Å². The molecule has 1 aliphatic heterocycles. The van der Waals surface area contributed by atoms with Crippen molar-refractivity contribution in [1.82, 2.24) is 5.06 Å². The molecule has 128 valence electrons. The number of ketones is 1. The molecule has 0 aromatic heterocycles. The highest BCUT2D eigenvalue weighted by Crippen LogP contribution is 2.36. The second-order valence-corrected chi connectivity index (χ2v) is 5.59. The number of rotatable bonds is 7. The van der Waals surface area contributed by atoms with E-state index in [-0.39, 0.29) is 31.6 Å². The van der Waals surface area contributed by atoms with Crippen LogP contribution in [0.25, 0.3) is 0 Å². The Morgan fingerprint density at radius 1 is 1.42 bits per heavy atom.